The van der Waals surface area contributed by atoms with Crippen molar-refractivity contribution in [1.82, 2.24) is 5.32 Å². The minimum Gasteiger partial charge on any atom is -0.508 e. The second kappa shape index (κ2) is 4.62. The third-order valence-corrected chi connectivity index (χ3v) is 2.93. The van der Waals surface area contributed by atoms with Gasteiger partial charge in [-0.2, -0.15) is 0 Å². The molecule has 0 aromatic heterocycles. The molecule has 1 fully saturated rings. The van der Waals surface area contributed by atoms with Gasteiger partial charge in [-0.15, -0.1) is 0 Å². The summed E-state index contributed by atoms with van der Waals surface area (Å²) < 4.78 is 13.8. The minimum atomic E-state index is -0.956. The summed E-state index contributed by atoms with van der Waals surface area (Å²) in [6.45, 7) is 1.91. The second-order valence-corrected chi connectivity index (χ2v) is 4.16. The van der Waals surface area contributed by atoms with E-state index < -0.39 is 6.17 Å². The molecular formula is C12H16FNO. The third kappa shape index (κ3) is 2.69. The van der Waals surface area contributed by atoms with Gasteiger partial charge < -0.3 is 10.4 Å². The predicted molar refractivity (Wildman–Crippen MR) is 57.5 cm³/mol. The Balaban J connectivity index is 1.97. The molecule has 15 heavy (non-hydrogen) atoms. The Labute approximate surface area is 89.1 Å². The molecule has 1 aliphatic rings. The van der Waals surface area contributed by atoms with Crippen LogP contribution in [0.2, 0.25) is 0 Å². The van der Waals surface area contributed by atoms with E-state index in [1.54, 1.807) is 18.2 Å². The van der Waals surface area contributed by atoms with Crippen LogP contribution in [-0.4, -0.2) is 18.2 Å². The summed E-state index contributed by atoms with van der Waals surface area (Å²) in [6, 6.07) is 6.48. The number of phenols is 1. The van der Waals surface area contributed by atoms with Crippen LogP contribution in [-0.2, 0) is 0 Å². The van der Waals surface area contributed by atoms with E-state index in [1.165, 1.54) is 6.07 Å². The van der Waals surface area contributed by atoms with E-state index in [0.29, 0.717) is 17.9 Å². The van der Waals surface area contributed by atoms with E-state index >= 15 is 0 Å². The summed E-state index contributed by atoms with van der Waals surface area (Å²) >= 11 is 0. The van der Waals surface area contributed by atoms with Gasteiger partial charge in [-0.05, 0) is 49.5 Å². The fourth-order valence-corrected chi connectivity index (χ4v) is 2.06. The Morgan fingerprint density at radius 1 is 1.53 bits per heavy atom. The molecule has 2 atom stereocenters. The van der Waals surface area contributed by atoms with Crippen molar-refractivity contribution in [2.45, 2.75) is 19.0 Å². The highest BCUT2D eigenvalue weighted by molar-refractivity contribution is 5.28. The van der Waals surface area contributed by atoms with Crippen LogP contribution in [0.1, 0.15) is 24.6 Å². The number of hydrogen-bond acceptors (Lipinski definition) is 2. The molecule has 1 saturated heterocycles. The molecule has 2 rings (SSSR count). The quantitative estimate of drug-likeness (QED) is 0.801. The van der Waals surface area contributed by atoms with Crippen LogP contribution in [0.4, 0.5) is 4.39 Å². The number of alkyl halides is 1. The van der Waals surface area contributed by atoms with Gasteiger partial charge in [-0.25, -0.2) is 4.39 Å². The molecule has 2 nitrogen and oxygen atoms in total. The van der Waals surface area contributed by atoms with Gasteiger partial charge >= 0.3 is 0 Å². The fraction of sp³-hybridized carbons (Fsp3) is 0.500. The molecule has 2 unspecified atom stereocenters. The highest BCUT2D eigenvalue weighted by atomic mass is 19.1. The highest BCUT2D eigenvalue weighted by Crippen LogP contribution is 2.29. The van der Waals surface area contributed by atoms with Crippen LogP contribution in [0.5, 0.6) is 5.75 Å². The molecule has 0 aliphatic carbocycles. The maximum atomic E-state index is 13.8. The summed E-state index contributed by atoms with van der Waals surface area (Å²) in [5.41, 5.74) is 0.585. The average molecular weight is 209 g/mol. The normalized spacial score (nSPS) is 22.9. The molecule has 1 aliphatic heterocycles. The van der Waals surface area contributed by atoms with Crippen molar-refractivity contribution in [3.8, 4) is 5.75 Å². The number of aromatic hydroxyl groups is 1. The van der Waals surface area contributed by atoms with Crippen LogP contribution in [0, 0.1) is 5.92 Å². The number of halogens is 1. The van der Waals surface area contributed by atoms with Crippen molar-refractivity contribution in [1.29, 1.82) is 0 Å². The summed E-state index contributed by atoms with van der Waals surface area (Å²) in [5, 5.41) is 12.5. The van der Waals surface area contributed by atoms with Crippen LogP contribution in [0.3, 0.4) is 0 Å². The molecule has 1 heterocycles. The summed E-state index contributed by atoms with van der Waals surface area (Å²) in [5.74, 6) is 0.571. The summed E-state index contributed by atoms with van der Waals surface area (Å²) in [6.07, 6.45) is 0.650. The Morgan fingerprint density at radius 2 is 2.40 bits per heavy atom. The first-order valence-electron chi connectivity index (χ1n) is 5.39. The minimum absolute atomic E-state index is 0.139. The number of hydrogen-bond donors (Lipinski definition) is 2. The lowest BCUT2D eigenvalue weighted by atomic mass is 9.97. The number of benzene rings is 1. The zero-order valence-corrected chi connectivity index (χ0v) is 8.62. The van der Waals surface area contributed by atoms with Crippen molar-refractivity contribution in [2.24, 2.45) is 5.92 Å². The van der Waals surface area contributed by atoms with Crippen LogP contribution < -0.4 is 5.32 Å². The molecule has 2 N–H and O–H groups in total. The van der Waals surface area contributed by atoms with E-state index in [9.17, 15) is 9.50 Å². The van der Waals surface area contributed by atoms with Crippen LogP contribution in [0.25, 0.3) is 0 Å². The lowest BCUT2D eigenvalue weighted by molar-refractivity contribution is 0.280. The van der Waals surface area contributed by atoms with Gasteiger partial charge in [-0.3, -0.25) is 0 Å². The summed E-state index contributed by atoms with van der Waals surface area (Å²) in [7, 11) is 0. The van der Waals surface area contributed by atoms with Crippen LogP contribution >= 0.6 is 0 Å². The fourth-order valence-electron chi connectivity index (χ4n) is 2.06. The molecule has 0 saturated carbocycles. The molecule has 1 aromatic carbocycles. The van der Waals surface area contributed by atoms with Crippen molar-refractivity contribution < 1.29 is 9.50 Å². The van der Waals surface area contributed by atoms with Gasteiger partial charge in [0.2, 0.25) is 0 Å². The Bertz CT molecular complexity index is 323. The molecule has 0 radical (unpaired) electrons. The van der Waals surface area contributed by atoms with E-state index in [-0.39, 0.29) is 5.75 Å². The second-order valence-electron chi connectivity index (χ2n) is 4.16. The van der Waals surface area contributed by atoms with Crippen molar-refractivity contribution >= 4 is 0 Å². The average Bonchev–Trinajstić information content (AvgIpc) is 2.70. The number of phenolic OH excluding ortho intramolecular Hbond substituents is 1. The maximum Gasteiger partial charge on any atom is 0.126 e. The monoisotopic (exact) mass is 209 g/mol. The lowest BCUT2D eigenvalue weighted by Gasteiger charge is -2.13. The van der Waals surface area contributed by atoms with Crippen LogP contribution in [0.15, 0.2) is 24.3 Å². The molecule has 3 heteroatoms. The highest BCUT2D eigenvalue weighted by Gasteiger charge is 2.20. The van der Waals surface area contributed by atoms with Gasteiger partial charge in [0.15, 0.2) is 0 Å². The zero-order chi connectivity index (χ0) is 10.7. The smallest absolute Gasteiger partial charge is 0.126 e. The van der Waals surface area contributed by atoms with Gasteiger partial charge in [0.05, 0.1) is 0 Å². The molecule has 0 bridgehead atoms. The Hall–Kier alpha value is -1.09. The van der Waals surface area contributed by atoms with Crippen molar-refractivity contribution in [2.75, 3.05) is 13.1 Å². The SMILES string of the molecule is Oc1cccc(C(F)CC2CCNC2)c1. The summed E-state index contributed by atoms with van der Waals surface area (Å²) in [4.78, 5) is 0. The van der Waals surface area contributed by atoms with Gasteiger partial charge in [0.1, 0.15) is 11.9 Å². The van der Waals surface area contributed by atoms with Gasteiger partial charge in [0, 0.05) is 0 Å². The third-order valence-electron chi connectivity index (χ3n) is 2.93. The van der Waals surface area contributed by atoms with Gasteiger partial charge in [-0.1, -0.05) is 12.1 Å². The van der Waals surface area contributed by atoms with Gasteiger partial charge in [0.25, 0.3) is 0 Å². The van der Waals surface area contributed by atoms with E-state index in [1.807, 2.05) is 0 Å². The van der Waals surface area contributed by atoms with E-state index in [4.69, 9.17) is 0 Å². The zero-order valence-electron chi connectivity index (χ0n) is 8.62. The first-order valence-corrected chi connectivity index (χ1v) is 5.39. The molecular weight excluding hydrogens is 193 g/mol. The molecule has 1 aromatic rings. The van der Waals surface area contributed by atoms with Crippen molar-refractivity contribution in [3.05, 3.63) is 29.8 Å². The van der Waals surface area contributed by atoms with E-state index in [2.05, 4.69) is 5.32 Å². The number of rotatable bonds is 3. The van der Waals surface area contributed by atoms with Crippen molar-refractivity contribution in [3.63, 3.8) is 0 Å². The number of nitrogens with one attached hydrogen (secondary N) is 1. The van der Waals surface area contributed by atoms with E-state index in [0.717, 1.165) is 19.5 Å². The molecule has 82 valence electrons. The molecule has 0 spiro atoms. The lowest BCUT2D eigenvalue weighted by Crippen LogP contribution is -2.10. The Morgan fingerprint density at radius 3 is 3.07 bits per heavy atom. The maximum absolute atomic E-state index is 13.8. The topological polar surface area (TPSA) is 32.3 Å². The Kier molecular flexibility index (Phi) is 3.21. The standard InChI is InChI=1S/C12H16FNO/c13-12(6-9-4-5-14-8-9)10-2-1-3-11(15)7-10/h1-3,7,9,12,14-15H,4-6,8H2. The first-order chi connectivity index (χ1) is 7.25. The predicted octanol–water partition coefficient (Wildman–Crippen LogP) is 2.40. The first kappa shape index (κ1) is 10.4. The molecule has 0 amide bonds. The largest absolute Gasteiger partial charge is 0.508 e.